The highest BCUT2D eigenvalue weighted by Gasteiger charge is 2.35. The Morgan fingerprint density at radius 2 is 1.54 bits per heavy atom. The third-order valence-corrected chi connectivity index (χ3v) is 6.16. The van der Waals surface area contributed by atoms with Gasteiger partial charge in [-0.25, -0.2) is 5.48 Å². The van der Waals surface area contributed by atoms with Crippen molar-refractivity contribution < 1.29 is 29.2 Å². The van der Waals surface area contributed by atoms with Crippen LogP contribution >= 0.6 is 0 Å². The number of hydrogen-bond acceptors (Lipinski definition) is 6. The van der Waals surface area contributed by atoms with Gasteiger partial charge in [-0.2, -0.15) is 0 Å². The van der Waals surface area contributed by atoms with Crippen molar-refractivity contribution in [3.8, 4) is 0 Å². The largest absolute Gasteiger partial charge is 0.353 e. The molecule has 0 spiro atoms. The highest BCUT2D eigenvalue weighted by atomic mass is 16.5. The molecule has 10 nitrogen and oxygen atoms in total. The highest BCUT2D eigenvalue weighted by Crippen LogP contribution is 2.23. The van der Waals surface area contributed by atoms with Gasteiger partial charge in [0.1, 0.15) is 6.04 Å². The van der Waals surface area contributed by atoms with Crippen LogP contribution in [0.5, 0.6) is 0 Å². The number of hydrogen-bond donors (Lipinski definition) is 4. The normalized spacial score (nSPS) is 13.2. The van der Waals surface area contributed by atoms with Crippen molar-refractivity contribution in [3.63, 3.8) is 0 Å². The lowest BCUT2D eigenvalue weighted by Gasteiger charge is -2.19. The Morgan fingerprint density at radius 1 is 0.892 bits per heavy atom. The fourth-order valence-corrected chi connectivity index (χ4v) is 4.10. The van der Waals surface area contributed by atoms with Gasteiger partial charge in [0.25, 0.3) is 17.7 Å². The number of fused-ring (bicyclic) bond motifs is 1. The van der Waals surface area contributed by atoms with Crippen LogP contribution in [-0.4, -0.2) is 58.8 Å². The van der Waals surface area contributed by atoms with E-state index < -0.39 is 29.7 Å². The van der Waals surface area contributed by atoms with Crippen LogP contribution in [0.25, 0.3) is 0 Å². The zero-order valence-corrected chi connectivity index (χ0v) is 21.0. The molecule has 0 saturated heterocycles. The first kappa shape index (κ1) is 27.5. The van der Waals surface area contributed by atoms with Crippen LogP contribution in [-0.2, 0) is 27.2 Å². The molecule has 4 N–H and O–H groups in total. The SMILES string of the molecule is CCCc1ccc(CCC(=O)NC[C@H](NC(=O)CCN2C(=O)c3ccc(C)cc3C2=O)C(=O)NO)cc1. The number of carbonyl (C=O) groups excluding carboxylic acids is 5. The average Bonchev–Trinajstić information content (AvgIpc) is 3.12. The second-order valence-corrected chi connectivity index (χ2v) is 9.03. The maximum absolute atomic E-state index is 12.6. The third-order valence-electron chi connectivity index (χ3n) is 6.16. The van der Waals surface area contributed by atoms with Crippen LogP contribution in [0, 0.1) is 6.92 Å². The van der Waals surface area contributed by atoms with Gasteiger partial charge in [-0.05, 0) is 43.0 Å². The lowest BCUT2D eigenvalue weighted by Crippen LogP contribution is -2.52. The van der Waals surface area contributed by atoms with Gasteiger partial charge in [-0.1, -0.05) is 49.2 Å². The molecule has 0 bridgehead atoms. The van der Waals surface area contributed by atoms with Gasteiger partial charge < -0.3 is 10.6 Å². The van der Waals surface area contributed by atoms with Crippen molar-refractivity contribution in [1.29, 1.82) is 0 Å². The minimum Gasteiger partial charge on any atom is -0.353 e. The maximum atomic E-state index is 12.6. The van der Waals surface area contributed by atoms with E-state index in [4.69, 9.17) is 5.21 Å². The number of imide groups is 1. The van der Waals surface area contributed by atoms with Crippen molar-refractivity contribution in [2.45, 2.75) is 52.0 Å². The molecule has 10 heteroatoms. The lowest BCUT2D eigenvalue weighted by molar-refractivity contribution is -0.135. The molecular weight excluding hydrogens is 476 g/mol. The first-order valence-electron chi connectivity index (χ1n) is 12.3. The zero-order valence-electron chi connectivity index (χ0n) is 21.0. The maximum Gasteiger partial charge on any atom is 0.267 e. The van der Waals surface area contributed by atoms with Crippen LogP contribution in [0.1, 0.15) is 63.6 Å². The third kappa shape index (κ3) is 7.23. The fraction of sp³-hybridized carbons (Fsp3) is 0.370. The second kappa shape index (κ2) is 12.8. The van der Waals surface area contributed by atoms with E-state index in [1.54, 1.807) is 18.2 Å². The number of nitrogens with one attached hydrogen (secondary N) is 3. The summed E-state index contributed by atoms with van der Waals surface area (Å²) < 4.78 is 0. The molecule has 1 heterocycles. The van der Waals surface area contributed by atoms with Gasteiger partial charge in [0, 0.05) is 25.9 Å². The number of benzene rings is 2. The molecule has 1 aliphatic heterocycles. The predicted octanol–water partition coefficient (Wildman–Crippen LogP) is 1.67. The Morgan fingerprint density at radius 3 is 2.19 bits per heavy atom. The van der Waals surface area contributed by atoms with Crippen LogP contribution in [0.3, 0.4) is 0 Å². The summed E-state index contributed by atoms with van der Waals surface area (Å²) in [4.78, 5) is 62.9. The molecule has 2 aromatic carbocycles. The number of carbonyl (C=O) groups is 5. The van der Waals surface area contributed by atoms with Crippen molar-refractivity contribution >= 4 is 29.5 Å². The van der Waals surface area contributed by atoms with Crippen molar-refractivity contribution in [1.82, 2.24) is 21.0 Å². The van der Waals surface area contributed by atoms with Crippen molar-refractivity contribution in [3.05, 3.63) is 70.3 Å². The molecule has 37 heavy (non-hydrogen) atoms. The Labute approximate surface area is 215 Å². The molecule has 0 unspecified atom stereocenters. The standard InChI is InChI=1S/C27H32N4O6/c1-3-4-18-6-8-19(9-7-18)10-12-23(32)28-16-22(25(34)30-37)29-24(33)13-14-31-26(35)20-11-5-17(2)15-21(20)27(31)36/h5-9,11,15,22,37H,3-4,10,12-14,16H2,1-2H3,(H,28,32)(H,29,33)(H,30,34)/t22-/m0/s1. The molecule has 0 radical (unpaired) electrons. The summed E-state index contributed by atoms with van der Waals surface area (Å²) >= 11 is 0. The van der Waals surface area contributed by atoms with E-state index in [2.05, 4.69) is 17.6 Å². The van der Waals surface area contributed by atoms with Crippen LogP contribution < -0.4 is 16.1 Å². The van der Waals surface area contributed by atoms with Crippen LogP contribution in [0.2, 0.25) is 0 Å². The molecule has 1 aliphatic rings. The Hall–Kier alpha value is -4.05. The lowest BCUT2D eigenvalue weighted by atomic mass is 10.0. The topological polar surface area (TPSA) is 145 Å². The molecular formula is C27H32N4O6. The second-order valence-electron chi connectivity index (χ2n) is 9.03. The minimum absolute atomic E-state index is 0.173. The average molecular weight is 509 g/mol. The summed E-state index contributed by atoms with van der Waals surface area (Å²) in [6.07, 6.45) is 2.51. The van der Waals surface area contributed by atoms with Gasteiger partial charge in [0.15, 0.2) is 0 Å². The minimum atomic E-state index is -1.24. The number of amides is 5. The number of aryl methyl sites for hydroxylation is 3. The van der Waals surface area contributed by atoms with Crippen LogP contribution in [0.15, 0.2) is 42.5 Å². The number of hydroxylamine groups is 1. The monoisotopic (exact) mass is 508 g/mol. The molecule has 0 aromatic heterocycles. The van der Waals surface area contributed by atoms with Gasteiger partial charge in [0.05, 0.1) is 11.1 Å². The molecule has 0 fully saturated rings. The van der Waals surface area contributed by atoms with Gasteiger partial charge in [-0.3, -0.25) is 34.1 Å². The zero-order chi connectivity index (χ0) is 26.9. The van der Waals surface area contributed by atoms with E-state index in [0.29, 0.717) is 12.0 Å². The first-order chi connectivity index (χ1) is 17.7. The molecule has 1 atom stereocenters. The van der Waals surface area contributed by atoms with E-state index in [9.17, 15) is 24.0 Å². The summed E-state index contributed by atoms with van der Waals surface area (Å²) in [7, 11) is 0. The first-order valence-corrected chi connectivity index (χ1v) is 12.3. The number of rotatable bonds is 12. The smallest absolute Gasteiger partial charge is 0.267 e. The van der Waals surface area contributed by atoms with E-state index in [1.165, 1.54) is 11.0 Å². The van der Waals surface area contributed by atoms with E-state index >= 15 is 0 Å². The summed E-state index contributed by atoms with van der Waals surface area (Å²) in [5.41, 5.74) is 5.14. The Kier molecular flexibility index (Phi) is 9.51. The molecule has 0 aliphatic carbocycles. The summed E-state index contributed by atoms with van der Waals surface area (Å²) in [5, 5.41) is 14.0. The van der Waals surface area contributed by atoms with Gasteiger partial charge in [-0.15, -0.1) is 0 Å². The molecule has 196 valence electrons. The van der Waals surface area contributed by atoms with E-state index in [0.717, 1.165) is 28.9 Å². The molecule has 0 saturated carbocycles. The highest BCUT2D eigenvalue weighted by molar-refractivity contribution is 6.21. The van der Waals surface area contributed by atoms with Gasteiger partial charge in [0.2, 0.25) is 11.8 Å². The van der Waals surface area contributed by atoms with Crippen LogP contribution in [0.4, 0.5) is 0 Å². The molecule has 3 rings (SSSR count). The quantitative estimate of drug-likeness (QED) is 0.195. The van der Waals surface area contributed by atoms with Crippen molar-refractivity contribution in [2.24, 2.45) is 0 Å². The van der Waals surface area contributed by atoms with E-state index in [-0.39, 0.29) is 37.4 Å². The number of nitrogens with zero attached hydrogens (tertiary/aromatic N) is 1. The summed E-state index contributed by atoms with van der Waals surface area (Å²) in [5.74, 6) is -2.80. The van der Waals surface area contributed by atoms with Crippen molar-refractivity contribution in [2.75, 3.05) is 13.1 Å². The predicted molar refractivity (Wildman–Crippen MR) is 135 cm³/mol. The van der Waals surface area contributed by atoms with Gasteiger partial charge >= 0.3 is 0 Å². The molecule has 2 aromatic rings. The van der Waals surface area contributed by atoms with E-state index in [1.807, 2.05) is 31.2 Å². The Balaban J connectivity index is 1.47. The fourth-order valence-electron chi connectivity index (χ4n) is 4.10. The summed E-state index contributed by atoms with van der Waals surface area (Å²) in [6, 6.07) is 11.7. The Bertz CT molecular complexity index is 1180. The molecule has 5 amide bonds. The summed E-state index contributed by atoms with van der Waals surface area (Å²) in [6.45, 7) is 3.51.